The first-order chi connectivity index (χ1) is 14.1. The lowest BCUT2D eigenvalue weighted by Gasteiger charge is -2.37. The molecule has 1 saturated heterocycles. The number of hydrogen-bond acceptors (Lipinski definition) is 5. The molecule has 1 N–H and O–H groups in total. The van der Waals surface area contributed by atoms with E-state index < -0.39 is 11.6 Å². The molecular formula is C20H22F2IN5OS. The number of thiophene rings is 1. The molecule has 6 nitrogen and oxygen atoms in total. The van der Waals surface area contributed by atoms with Crippen LogP contribution < -0.4 is 10.2 Å². The van der Waals surface area contributed by atoms with Gasteiger partial charge in [0.25, 0.3) is 0 Å². The number of halogens is 3. The quantitative estimate of drug-likeness (QED) is 0.303. The number of nitrogens with zero attached hydrogens (tertiary/aromatic N) is 4. The van der Waals surface area contributed by atoms with E-state index in [1.165, 1.54) is 12.1 Å². The van der Waals surface area contributed by atoms with Crippen molar-refractivity contribution in [3.8, 4) is 10.8 Å². The van der Waals surface area contributed by atoms with Crippen LogP contribution in [0.5, 0.6) is 0 Å². The number of aliphatic imine (C=N–C) groups is 1. The zero-order valence-electron chi connectivity index (χ0n) is 16.3. The van der Waals surface area contributed by atoms with Gasteiger partial charge >= 0.3 is 0 Å². The third-order valence-corrected chi connectivity index (χ3v) is 5.61. The van der Waals surface area contributed by atoms with Crippen molar-refractivity contribution >= 4 is 47.0 Å². The van der Waals surface area contributed by atoms with Gasteiger partial charge in [-0.05, 0) is 23.6 Å². The van der Waals surface area contributed by atoms with Crippen LogP contribution in [-0.2, 0) is 6.54 Å². The first-order valence-electron chi connectivity index (χ1n) is 9.28. The minimum atomic E-state index is -0.434. The van der Waals surface area contributed by atoms with Crippen LogP contribution in [0, 0.1) is 11.6 Å². The molecule has 10 heteroatoms. The number of piperazine rings is 1. The number of hydrogen-bond donors (Lipinski definition) is 1. The number of rotatable bonds is 4. The van der Waals surface area contributed by atoms with Crippen molar-refractivity contribution in [1.82, 2.24) is 15.2 Å². The fraction of sp³-hybridized carbons (Fsp3) is 0.300. The van der Waals surface area contributed by atoms with Gasteiger partial charge in [-0.1, -0.05) is 6.07 Å². The molecule has 0 aliphatic carbocycles. The van der Waals surface area contributed by atoms with Crippen molar-refractivity contribution in [2.75, 3.05) is 38.1 Å². The molecule has 160 valence electrons. The molecule has 0 amide bonds. The molecule has 3 aromatic rings. The van der Waals surface area contributed by atoms with Gasteiger partial charge in [0.1, 0.15) is 17.9 Å². The average Bonchev–Trinajstić information content (AvgIpc) is 3.43. The maximum atomic E-state index is 14.0. The van der Waals surface area contributed by atoms with Gasteiger partial charge in [-0.3, -0.25) is 4.99 Å². The highest BCUT2D eigenvalue weighted by molar-refractivity contribution is 14.0. The first kappa shape index (κ1) is 22.5. The molecule has 0 spiro atoms. The normalized spacial score (nSPS) is 14.6. The summed E-state index contributed by atoms with van der Waals surface area (Å²) in [6.45, 7) is 2.94. The van der Waals surface area contributed by atoms with Crippen molar-refractivity contribution in [1.29, 1.82) is 0 Å². The van der Waals surface area contributed by atoms with E-state index in [1.54, 1.807) is 24.6 Å². The summed E-state index contributed by atoms with van der Waals surface area (Å²) >= 11 is 1.58. The van der Waals surface area contributed by atoms with Crippen molar-refractivity contribution in [2.45, 2.75) is 6.54 Å². The molecule has 1 aliphatic heterocycles. The number of guanidine groups is 1. The topological polar surface area (TPSA) is 56.9 Å². The largest absolute Gasteiger partial charge is 0.443 e. The Morgan fingerprint density at radius 1 is 1.23 bits per heavy atom. The molecule has 0 bridgehead atoms. The van der Waals surface area contributed by atoms with Gasteiger partial charge in [-0.15, -0.1) is 35.3 Å². The van der Waals surface area contributed by atoms with Crippen molar-refractivity contribution in [3.05, 3.63) is 59.3 Å². The summed E-state index contributed by atoms with van der Waals surface area (Å²) in [7, 11) is 1.72. The fourth-order valence-electron chi connectivity index (χ4n) is 3.29. The fourth-order valence-corrected chi connectivity index (χ4v) is 3.95. The molecule has 30 heavy (non-hydrogen) atoms. The van der Waals surface area contributed by atoms with E-state index in [2.05, 4.69) is 20.2 Å². The number of aromatic nitrogens is 1. The Balaban J connectivity index is 0.00000256. The van der Waals surface area contributed by atoms with E-state index in [0.717, 1.165) is 22.6 Å². The van der Waals surface area contributed by atoms with Gasteiger partial charge in [0.2, 0.25) is 5.89 Å². The van der Waals surface area contributed by atoms with Gasteiger partial charge in [0.15, 0.2) is 5.96 Å². The van der Waals surface area contributed by atoms with Crippen molar-refractivity contribution in [2.24, 2.45) is 4.99 Å². The minimum absolute atomic E-state index is 0. The van der Waals surface area contributed by atoms with Crippen LogP contribution in [-0.4, -0.2) is 49.1 Å². The SMILES string of the molecule is CN=C(NCc1coc(-c2cccs2)n1)N1CCN(c2cc(F)ccc2F)CC1.I. The van der Waals surface area contributed by atoms with Crippen LogP contribution in [0.15, 0.2) is 51.4 Å². The van der Waals surface area contributed by atoms with E-state index in [9.17, 15) is 8.78 Å². The lowest BCUT2D eigenvalue weighted by molar-refractivity contribution is 0.370. The monoisotopic (exact) mass is 545 g/mol. The molecule has 0 saturated carbocycles. The van der Waals surface area contributed by atoms with Crippen LogP contribution in [0.4, 0.5) is 14.5 Å². The lowest BCUT2D eigenvalue weighted by atomic mass is 10.2. The van der Waals surface area contributed by atoms with Gasteiger partial charge < -0.3 is 19.5 Å². The standard InChI is InChI=1S/C20H21F2N5OS.HI/c1-23-20(24-12-15-13-28-19(25-15)18-3-2-10-29-18)27-8-6-26(7-9-27)17-11-14(21)4-5-16(17)22;/h2-5,10-11,13H,6-9,12H2,1H3,(H,23,24);1H. The molecular weight excluding hydrogens is 523 g/mol. The van der Waals surface area contributed by atoms with Gasteiger partial charge in [-0.2, -0.15) is 0 Å². The maximum absolute atomic E-state index is 14.0. The van der Waals surface area contributed by atoms with E-state index in [4.69, 9.17) is 4.42 Å². The molecule has 0 radical (unpaired) electrons. The van der Waals surface area contributed by atoms with Gasteiger partial charge in [-0.25, -0.2) is 13.8 Å². The van der Waals surface area contributed by atoms with Gasteiger partial charge in [0.05, 0.1) is 22.8 Å². The van der Waals surface area contributed by atoms with Crippen LogP contribution >= 0.6 is 35.3 Å². The summed E-state index contributed by atoms with van der Waals surface area (Å²) in [4.78, 5) is 13.8. The van der Waals surface area contributed by atoms with E-state index >= 15 is 0 Å². The summed E-state index contributed by atoms with van der Waals surface area (Å²) < 4.78 is 33.0. The number of anilines is 1. The number of nitrogens with one attached hydrogen (secondary N) is 1. The summed E-state index contributed by atoms with van der Waals surface area (Å²) in [5.41, 5.74) is 1.09. The molecule has 3 heterocycles. The molecule has 1 aliphatic rings. The van der Waals surface area contributed by atoms with E-state index in [1.807, 2.05) is 22.4 Å². The predicted molar refractivity (Wildman–Crippen MR) is 126 cm³/mol. The summed E-state index contributed by atoms with van der Waals surface area (Å²) in [5, 5.41) is 5.27. The van der Waals surface area contributed by atoms with Crippen LogP contribution in [0.2, 0.25) is 0 Å². The second-order valence-corrected chi connectivity index (χ2v) is 7.54. The molecule has 4 rings (SSSR count). The zero-order valence-corrected chi connectivity index (χ0v) is 19.5. The second kappa shape index (κ2) is 10.2. The summed E-state index contributed by atoms with van der Waals surface area (Å²) in [6, 6.07) is 7.47. The van der Waals surface area contributed by atoms with E-state index in [0.29, 0.717) is 44.3 Å². The zero-order chi connectivity index (χ0) is 20.2. The Hall–Kier alpha value is -2.21. The smallest absolute Gasteiger partial charge is 0.236 e. The lowest BCUT2D eigenvalue weighted by Crippen LogP contribution is -2.52. The van der Waals surface area contributed by atoms with Crippen LogP contribution in [0.1, 0.15) is 5.69 Å². The number of oxazole rings is 1. The summed E-state index contributed by atoms with van der Waals surface area (Å²) in [6.07, 6.45) is 1.64. The highest BCUT2D eigenvalue weighted by atomic mass is 127. The Morgan fingerprint density at radius 3 is 2.73 bits per heavy atom. The highest BCUT2D eigenvalue weighted by Gasteiger charge is 2.22. The third-order valence-electron chi connectivity index (χ3n) is 4.75. The van der Waals surface area contributed by atoms with Gasteiger partial charge in [0, 0.05) is 39.3 Å². The molecule has 1 aromatic carbocycles. The van der Waals surface area contributed by atoms with Crippen LogP contribution in [0.25, 0.3) is 10.8 Å². The molecule has 0 atom stereocenters. The predicted octanol–water partition coefficient (Wildman–Crippen LogP) is 4.20. The second-order valence-electron chi connectivity index (χ2n) is 6.59. The molecule has 2 aromatic heterocycles. The Labute approximate surface area is 194 Å². The Kier molecular flexibility index (Phi) is 7.64. The molecule has 0 unspecified atom stereocenters. The average molecular weight is 545 g/mol. The number of benzene rings is 1. The molecule has 1 fully saturated rings. The first-order valence-corrected chi connectivity index (χ1v) is 10.2. The maximum Gasteiger partial charge on any atom is 0.236 e. The van der Waals surface area contributed by atoms with Crippen LogP contribution in [0.3, 0.4) is 0 Å². The van der Waals surface area contributed by atoms with Crippen molar-refractivity contribution in [3.63, 3.8) is 0 Å². The highest BCUT2D eigenvalue weighted by Crippen LogP contribution is 2.24. The Morgan fingerprint density at radius 2 is 2.03 bits per heavy atom. The Bertz CT molecular complexity index is 987. The minimum Gasteiger partial charge on any atom is -0.443 e. The summed E-state index contributed by atoms with van der Waals surface area (Å²) in [5.74, 6) is 0.508. The third kappa shape index (κ3) is 5.09. The van der Waals surface area contributed by atoms with E-state index in [-0.39, 0.29) is 24.0 Å². The van der Waals surface area contributed by atoms with Crippen molar-refractivity contribution < 1.29 is 13.2 Å².